The lowest BCUT2D eigenvalue weighted by atomic mass is 9.99. The van der Waals surface area contributed by atoms with Crippen LogP contribution in [0.25, 0.3) is 0 Å². The number of ether oxygens (including phenoxy) is 7. The average molecular weight is 567 g/mol. The standard InChI is InChI=1S/C33H42O8/c1-35-19-20-36-28-9-4-2-6-11-32(37-18-8-17-34)26(13-15-28)21-27-14-16-29(38-22-30-23-39-30)10-5-3-7-12-33(27)41-25-31-24-40-31/h3-7,9-12,14-16,30-31,34H,2,8,13,17-25H2,1H3/b5-3?,7-3?,9-4?,10-5?,11-6-,12-7?,16-14?,27-14?,28-15?,29-10?,29-16?,32-26-,33-12?,33-27?. The second kappa shape index (κ2) is 17.5. The van der Waals surface area contributed by atoms with E-state index in [0.717, 1.165) is 53.8 Å². The van der Waals surface area contributed by atoms with Crippen LogP contribution in [0.2, 0.25) is 0 Å². The van der Waals surface area contributed by atoms with Gasteiger partial charge in [0.1, 0.15) is 55.0 Å². The molecule has 0 amide bonds. The lowest BCUT2D eigenvalue weighted by Gasteiger charge is -2.16. The van der Waals surface area contributed by atoms with Gasteiger partial charge >= 0.3 is 0 Å². The predicted molar refractivity (Wildman–Crippen MR) is 156 cm³/mol. The minimum absolute atomic E-state index is 0.0703. The maximum Gasteiger partial charge on any atom is 0.122 e. The first kappa shape index (κ1) is 30.7. The number of methoxy groups -OCH3 is 1. The van der Waals surface area contributed by atoms with Gasteiger partial charge in [-0.2, -0.15) is 0 Å². The van der Waals surface area contributed by atoms with Crippen LogP contribution in [0.5, 0.6) is 11.5 Å². The molecule has 1 aromatic carbocycles. The van der Waals surface area contributed by atoms with E-state index in [-0.39, 0.29) is 18.8 Å². The summed E-state index contributed by atoms with van der Waals surface area (Å²) in [5, 5.41) is 9.36. The van der Waals surface area contributed by atoms with Crippen LogP contribution >= 0.6 is 0 Å². The molecule has 0 radical (unpaired) electrons. The highest BCUT2D eigenvalue weighted by Gasteiger charge is 2.24. The van der Waals surface area contributed by atoms with Gasteiger partial charge in [-0.3, -0.25) is 0 Å². The average Bonchev–Trinajstić information content (AvgIpc) is 3.91. The Labute approximate surface area is 243 Å². The summed E-state index contributed by atoms with van der Waals surface area (Å²) >= 11 is 0. The largest absolute Gasteiger partial charge is 0.494 e. The molecule has 222 valence electrons. The van der Waals surface area contributed by atoms with E-state index in [4.69, 9.17) is 33.2 Å². The summed E-state index contributed by atoms with van der Waals surface area (Å²) < 4.78 is 40.3. The van der Waals surface area contributed by atoms with E-state index >= 15 is 0 Å². The molecule has 2 atom stereocenters. The molecule has 8 nitrogen and oxygen atoms in total. The van der Waals surface area contributed by atoms with Gasteiger partial charge in [-0.05, 0) is 60.4 Å². The number of aliphatic hydroxyl groups excluding tert-OH is 1. The monoisotopic (exact) mass is 566 g/mol. The van der Waals surface area contributed by atoms with Crippen molar-refractivity contribution in [1.29, 1.82) is 0 Å². The van der Waals surface area contributed by atoms with Gasteiger partial charge in [-0.15, -0.1) is 0 Å². The summed E-state index contributed by atoms with van der Waals surface area (Å²) in [5.41, 5.74) is 2.04. The lowest BCUT2D eigenvalue weighted by Crippen LogP contribution is -2.07. The molecule has 4 rings (SSSR count). The Hall–Kier alpha value is -3.30. The van der Waals surface area contributed by atoms with E-state index in [9.17, 15) is 5.11 Å². The topological polar surface area (TPSA) is 91.4 Å². The van der Waals surface area contributed by atoms with Gasteiger partial charge < -0.3 is 38.3 Å². The van der Waals surface area contributed by atoms with E-state index in [2.05, 4.69) is 18.2 Å². The van der Waals surface area contributed by atoms with Crippen LogP contribution in [0.1, 0.15) is 24.8 Å². The zero-order valence-corrected chi connectivity index (χ0v) is 23.9. The van der Waals surface area contributed by atoms with Crippen molar-refractivity contribution >= 4 is 0 Å². The Kier molecular flexibility index (Phi) is 13.1. The molecular formula is C33H42O8. The third kappa shape index (κ3) is 12.0. The molecule has 8 heteroatoms. The van der Waals surface area contributed by atoms with Crippen LogP contribution in [0.3, 0.4) is 0 Å². The Morgan fingerprint density at radius 1 is 0.829 bits per heavy atom. The zero-order chi connectivity index (χ0) is 28.5. The fourth-order valence-electron chi connectivity index (χ4n) is 3.95. The number of hydrogen-bond donors (Lipinski definition) is 1. The molecule has 0 aromatic heterocycles. The van der Waals surface area contributed by atoms with E-state index in [0.29, 0.717) is 52.3 Å². The first-order valence-corrected chi connectivity index (χ1v) is 14.3. The first-order chi connectivity index (χ1) is 20.2. The SMILES string of the molecule is COCCOC1=CC/C(Cc2ccc(OCC3CO3)cccccc2OCC2CO2)=C(OCCCO)\C=C/CC=C1. The predicted octanol–water partition coefficient (Wildman–Crippen LogP) is 5.01. The molecule has 2 saturated heterocycles. The van der Waals surface area contributed by atoms with Crippen LogP contribution < -0.4 is 9.47 Å². The third-order valence-corrected chi connectivity index (χ3v) is 6.40. The molecule has 1 aliphatic carbocycles. The maximum atomic E-state index is 9.36. The van der Waals surface area contributed by atoms with Crippen molar-refractivity contribution in [3.05, 3.63) is 95.5 Å². The minimum Gasteiger partial charge on any atom is -0.494 e. The molecule has 0 spiro atoms. The second-order valence-corrected chi connectivity index (χ2v) is 9.83. The van der Waals surface area contributed by atoms with Crippen molar-refractivity contribution in [2.45, 2.75) is 37.9 Å². The van der Waals surface area contributed by atoms with Crippen molar-refractivity contribution in [3.63, 3.8) is 0 Å². The Bertz CT molecular complexity index is 1130. The normalized spacial score (nSPS) is 22.1. The number of hydrogen-bond acceptors (Lipinski definition) is 8. The summed E-state index contributed by atoms with van der Waals surface area (Å²) in [5.74, 6) is 3.07. The van der Waals surface area contributed by atoms with Crippen LogP contribution in [0, 0.1) is 0 Å². The van der Waals surface area contributed by atoms with Gasteiger partial charge in [0, 0.05) is 26.6 Å². The first-order valence-electron chi connectivity index (χ1n) is 14.3. The lowest BCUT2D eigenvalue weighted by molar-refractivity contribution is 0.114. The van der Waals surface area contributed by atoms with E-state index in [1.165, 1.54) is 0 Å². The highest BCUT2D eigenvalue weighted by molar-refractivity contribution is 5.39. The van der Waals surface area contributed by atoms with Crippen LogP contribution in [-0.2, 0) is 30.1 Å². The fourth-order valence-corrected chi connectivity index (χ4v) is 3.95. The molecule has 1 aromatic rings. The number of aliphatic hydroxyl groups is 1. The Morgan fingerprint density at radius 3 is 2.39 bits per heavy atom. The summed E-state index contributed by atoms with van der Waals surface area (Å²) in [7, 11) is 1.66. The maximum absolute atomic E-state index is 9.36. The van der Waals surface area contributed by atoms with Gasteiger partial charge in [0.15, 0.2) is 0 Å². The van der Waals surface area contributed by atoms with Crippen LogP contribution in [-0.4, -0.2) is 77.3 Å². The number of allylic oxidation sites excluding steroid dienone is 6. The molecule has 3 aliphatic rings. The van der Waals surface area contributed by atoms with E-state index in [1.807, 2.05) is 54.6 Å². The summed E-state index contributed by atoms with van der Waals surface area (Å²) in [6, 6.07) is 13.8. The number of rotatable bonds is 16. The highest BCUT2D eigenvalue weighted by Crippen LogP contribution is 2.27. The quantitative estimate of drug-likeness (QED) is 0.221. The summed E-state index contributed by atoms with van der Waals surface area (Å²) in [6.07, 6.45) is 13.0. The summed E-state index contributed by atoms with van der Waals surface area (Å²) in [4.78, 5) is 0. The third-order valence-electron chi connectivity index (χ3n) is 6.40. The highest BCUT2D eigenvalue weighted by atomic mass is 16.6. The van der Waals surface area contributed by atoms with Crippen molar-refractivity contribution in [2.75, 3.05) is 60.0 Å². The van der Waals surface area contributed by atoms with Crippen molar-refractivity contribution < 1.29 is 38.3 Å². The molecule has 2 aliphatic heterocycles. The second-order valence-electron chi connectivity index (χ2n) is 9.83. The van der Waals surface area contributed by atoms with Gasteiger partial charge in [-0.1, -0.05) is 36.4 Å². The van der Waals surface area contributed by atoms with Crippen molar-refractivity contribution in [2.24, 2.45) is 0 Å². The Balaban J connectivity index is 1.69. The van der Waals surface area contributed by atoms with Gasteiger partial charge in [0.2, 0.25) is 0 Å². The smallest absolute Gasteiger partial charge is 0.122 e. The summed E-state index contributed by atoms with van der Waals surface area (Å²) in [6.45, 7) is 3.93. The molecule has 1 N–H and O–H groups in total. The Morgan fingerprint density at radius 2 is 1.61 bits per heavy atom. The van der Waals surface area contributed by atoms with Crippen LogP contribution in [0.4, 0.5) is 0 Å². The zero-order valence-electron chi connectivity index (χ0n) is 23.9. The fraction of sp³-hybridized carbons (Fsp3) is 0.455. The molecule has 41 heavy (non-hydrogen) atoms. The van der Waals surface area contributed by atoms with Crippen molar-refractivity contribution in [3.8, 4) is 11.5 Å². The van der Waals surface area contributed by atoms with Gasteiger partial charge in [-0.25, -0.2) is 0 Å². The van der Waals surface area contributed by atoms with Crippen LogP contribution in [0.15, 0.2) is 89.9 Å². The molecule has 2 unspecified atom stereocenters. The molecule has 0 saturated carbocycles. The molecule has 0 bridgehead atoms. The number of epoxide rings is 2. The minimum atomic E-state index is 0.0703. The van der Waals surface area contributed by atoms with E-state index < -0.39 is 0 Å². The van der Waals surface area contributed by atoms with Crippen molar-refractivity contribution in [1.82, 2.24) is 0 Å². The van der Waals surface area contributed by atoms with E-state index in [1.54, 1.807) is 7.11 Å². The van der Waals surface area contributed by atoms with Gasteiger partial charge in [0.05, 0.1) is 26.4 Å². The molecular weight excluding hydrogens is 524 g/mol. The molecule has 2 fully saturated rings. The molecule has 2 heterocycles. The van der Waals surface area contributed by atoms with Gasteiger partial charge in [0.25, 0.3) is 0 Å².